The summed E-state index contributed by atoms with van der Waals surface area (Å²) in [4.78, 5) is 5.30. The number of hydrogen-bond acceptors (Lipinski definition) is 2. The van der Waals surface area contributed by atoms with E-state index in [1.807, 2.05) is 24.4 Å². The summed E-state index contributed by atoms with van der Waals surface area (Å²) in [6.45, 7) is 0. The molecule has 0 N–H and O–H groups in total. The normalized spacial score (nSPS) is 10.8. The summed E-state index contributed by atoms with van der Waals surface area (Å²) in [6.07, 6.45) is 7.80. The van der Waals surface area contributed by atoms with Gasteiger partial charge >= 0.3 is 0 Å². The Kier molecular flexibility index (Phi) is 2.53. The van der Waals surface area contributed by atoms with Crippen LogP contribution in [0.1, 0.15) is 10.4 Å². The first-order valence-electron chi connectivity index (χ1n) is 4.07. The van der Waals surface area contributed by atoms with Crippen LogP contribution in [0, 0.1) is 0 Å². The van der Waals surface area contributed by atoms with Crippen LogP contribution in [0.3, 0.4) is 0 Å². The van der Waals surface area contributed by atoms with Gasteiger partial charge in [-0.1, -0.05) is 18.2 Å². The zero-order valence-corrected chi connectivity index (χ0v) is 7.87. The van der Waals surface area contributed by atoms with Gasteiger partial charge in [-0.25, -0.2) is 0 Å². The average molecular weight is 187 g/mol. The van der Waals surface area contributed by atoms with E-state index in [0.717, 1.165) is 5.56 Å². The van der Waals surface area contributed by atoms with Gasteiger partial charge in [0.25, 0.3) is 0 Å². The molecule has 2 rings (SSSR count). The summed E-state index contributed by atoms with van der Waals surface area (Å²) in [5.41, 5.74) is 1.14. The van der Waals surface area contributed by atoms with E-state index in [-0.39, 0.29) is 0 Å². The fourth-order valence-corrected chi connectivity index (χ4v) is 1.66. The summed E-state index contributed by atoms with van der Waals surface area (Å²) in [5, 5.41) is 2.07. The molecule has 2 heteroatoms. The van der Waals surface area contributed by atoms with Crippen LogP contribution in [0.5, 0.6) is 0 Å². The Balaban J connectivity index is 2.15. The van der Waals surface area contributed by atoms with Crippen molar-refractivity contribution in [3.05, 3.63) is 52.5 Å². The van der Waals surface area contributed by atoms with E-state index in [1.54, 1.807) is 17.5 Å². The van der Waals surface area contributed by atoms with Crippen molar-refractivity contribution in [2.24, 2.45) is 0 Å². The van der Waals surface area contributed by atoms with Gasteiger partial charge in [0, 0.05) is 17.3 Å². The van der Waals surface area contributed by atoms with Crippen LogP contribution >= 0.6 is 11.3 Å². The molecular formula is C11H9NS. The summed E-state index contributed by atoms with van der Waals surface area (Å²) in [5.74, 6) is 0. The van der Waals surface area contributed by atoms with Crippen molar-refractivity contribution in [3.63, 3.8) is 0 Å². The van der Waals surface area contributed by atoms with Crippen molar-refractivity contribution in [2.45, 2.75) is 0 Å². The molecule has 2 heterocycles. The van der Waals surface area contributed by atoms with Crippen molar-refractivity contribution in [2.75, 3.05) is 0 Å². The summed E-state index contributed by atoms with van der Waals surface area (Å²) in [6, 6.07) is 8.12. The summed E-state index contributed by atoms with van der Waals surface area (Å²) >= 11 is 1.73. The minimum atomic E-state index is 1.14. The molecule has 2 aromatic rings. The Morgan fingerprint density at radius 3 is 2.85 bits per heavy atom. The van der Waals surface area contributed by atoms with Crippen LogP contribution < -0.4 is 0 Å². The van der Waals surface area contributed by atoms with Gasteiger partial charge in [0.05, 0.1) is 0 Å². The van der Waals surface area contributed by atoms with E-state index < -0.39 is 0 Å². The van der Waals surface area contributed by atoms with Gasteiger partial charge in [0.1, 0.15) is 0 Å². The fraction of sp³-hybridized carbons (Fsp3) is 0. The molecule has 0 bridgehead atoms. The molecule has 0 aliphatic heterocycles. The Hall–Kier alpha value is -1.41. The van der Waals surface area contributed by atoms with Crippen molar-refractivity contribution >= 4 is 23.5 Å². The van der Waals surface area contributed by atoms with Crippen LogP contribution in [0.25, 0.3) is 12.2 Å². The van der Waals surface area contributed by atoms with E-state index in [9.17, 15) is 0 Å². The number of aromatic nitrogens is 1. The maximum atomic E-state index is 4.04. The fourth-order valence-electron chi connectivity index (χ4n) is 1.04. The highest BCUT2D eigenvalue weighted by atomic mass is 32.1. The first kappa shape index (κ1) is 8.20. The third-order valence-electron chi connectivity index (χ3n) is 1.67. The van der Waals surface area contributed by atoms with Gasteiger partial charge in [0.15, 0.2) is 0 Å². The highest BCUT2D eigenvalue weighted by molar-refractivity contribution is 7.10. The van der Waals surface area contributed by atoms with Crippen molar-refractivity contribution in [3.8, 4) is 0 Å². The van der Waals surface area contributed by atoms with Gasteiger partial charge in [-0.2, -0.15) is 0 Å². The first-order chi connectivity index (χ1) is 6.45. The maximum absolute atomic E-state index is 4.04. The lowest BCUT2D eigenvalue weighted by molar-refractivity contribution is 1.32. The van der Waals surface area contributed by atoms with E-state index in [0.29, 0.717) is 0 Å². The van der Waals surface area contributed by atoms with E-state index >= 15 is 0 Å². The van der Waals surface area contributed by atoms with Crippen LogP contribution in [0.2, 0.25) is 0 Å². The topological polar surface area (TPSA) is 12.9 Å². The molecule has 0 radical (unpaired) electrons. The smallest absolute Gasteiger partial charge is 0.0340 e. The number of thiophene rings is 1. The summed E-state index contributed by atoms with van der Waals surface area (Å²) < 4.78 is 0. The third kappa shape index (κ3) is 2.26. The molecule has 0 saturated heterocycles. The van der Waals surface area contributed by atoms with Gasteiger partial charge in [-0.05, 0) is 29.2 Å². The minimum Gasteiger partial charge on any atom is -0.264 e. The van der Waals surface area contributed by atoms with Gasteiger partial charge in [-0.15, -0.1) is 11.3 Å². The second-order valence-electron chi connectivity index (χ2n) is 2.64. The number of rotatable bonds is 2. The van der Waals surface area contributed by atoms with Crippen molar-refractivity contribution < 1.29 is 0 Å². The predicted octanol–water partition coefficient (Wildman–Crippen LogP) is 3.31. The average Bonchev–Trinajstić information content (AvgIpc) is 2.69. The Labute approximate surface area is 81.4 Å². The van der Waals surface area contributed by atoms with Crippen molar-refractivity contribution in [1.29, 1.82) is 0 Å². The Morgan fingerprint density at radius 2 is 2.15 bits per heavy atom. The minimum absolute atomic E-state index is 1.14. The lowest BCUT2D eigenvalue weighted by Crippen LogP contribution is -1.72. The standard InChI is InChI=1S/C11H9NS/c1-3-10(9-12-7-1)5-6-11-4-2-8-13-11/h1-9H. The maximum Gasteiger partial charge on any atom is 0.0340 e. The molecule has 2 aromatic heterocycles. The SMILES string of the molecule is C(=Cc1cccs1)c1cccnc1. The number of pyridine rings is 1. The van der Waals surface area contributed by atoms with Crippen molar-refractivity contribution in [1.82, 2.24) is 4.98 Å². The monoisotopic (exact) mass is 187 g/mol. The molecule has 13 heavy (non-hydrogen) atoms. The van der Waals surface area contributed by atoms with Crippen LogP contribution in [-0.2, 0) is 0 Å². The molecule has 0 unspecified atom stereocenters. The molecule has 0 atom stereocenters. The second kappa shape index (κ2) is 4.01. The molecule has 0 amide bonds. The Morgan fingerprint density at radius 1 is 1.15 bits per heavy atom. The lowest BCUT2D eigenvalue weighted by Gasteiger charge is -1.88. The molecule has 0 fully saturated rings. The van der Waals surface area contributed by atoms with Crippen LogP contribution in [0.15, 0.2) is 42.0 Å². The number of nitrogens with zero attached hydrogens (tertiary/aromatic N) is 1. The molecule has 64 valence electrons. The van der Waals surface area contributed by atoms with E-state index in [2.05, 4.69) is 28.6 Å². The van der Waals surface area contributed by atoms with E-state index in [4.69, 9.17) is 0 Å². The highest BCUT2D eigenvalue weighted by Gasteiger charge is 1.86. The first-order valence-corrected chi connectivity index (χ1v) is 4.95. The van der Waals surface area contributed by atoms with Gasteiger partial charge < -0.3 is 0 Å². The quantitative estimate of drug-likeness (QED) is 0.702. The molecule has 1 nitrogen and oxygen atoms in total. The largest absolute Gasteiger partial charge is 0.264 e. The molecule has 0 spiro atoms. The third-order valence-corrected chi connectivity index (χ3v) is 2.51. The molecular weight excluding hydrogens is 178 g/mol. The molecule has 0 aromatic carbocycles. The molecule has 0 aliphatic rings. The van der Waals surface area contributed by atoms with Crippen LogP contribution in [0.4, 0.5) is 0 Å². The Bertz CT molecular complexity index is 376. The molecule has 0 saturated carbocycles. The molecule has 0 aliphatic carbocycles. The van der Waals surface area contributed by atoms with Gasteiger partial charge in [-0.3, -0.25) is 4.98 Å². The van der Waals surface area contributed by atoms with E-state index in [1.165, 1.54) is 4.88 Å². The predicted molar refractivity (Wildman–Crippen MR) is 57.5 cm³/mol. The zero-order valence-electron chi connectivity index (χ0n) is 7.05. The summed E-state index contributed by atoms with van der Waals surface area (Å²) in [7, 11) is 0. The lowest BCUT2D eigenvalue weighted by atomic mass is 10.2. The second-order valence-corrected chi connectivity index (χ2v) is 3.61. The van der Waals surface area contributed by atoms with Crippen LogP contribution in [-0.4, -0.2) is 4.98 Å². The zero-order chi connectivity index (χ0) is 8.93. The van der Waals surface area contributed by atoms with Gasteiger partial charge in [0.2, 0.25) is 0 Å². The number of hydrogen-bond donors (Lipinski definition) is 0. The highest BCUT2D eigenvalue weighted by Crippen LogP contribution is 2.12.